The molecule has 2 N–H and O–H groups in total. The van der Waals surface area contributed by atoms with E-state index in [1.165, 1.54) is 4.90 Å². The van der Waals surface area contributed by atoms with Gasteiger partial charge in [-0.25, -0.2) is 4.99 Å². The highest BCUT2D eigenvalue weighted by atomic mass is 16.2. The quantitative estimate of drug-likeness (QED) is 0.575. The molecule has 8 heteroatoms. The third-order valence-electron chi connectivity index (χ3n) is 3.24. The first-order valence-electron chi connectivity index (χ1n) is 7.62. The van der Waals surface area contributed by atoms with Gasteiger partial charge in [-0.2, -0.15) is 0 Å². The molecular weight excluding hydrogens is 294 g/mol. The highest BCUT2D eigenvalue weighted by molar-refractivity contribution is 5.84. The van der Waals surface area contributed by atoms with Gasteiger partial charge in [-0.3, -0.25) is 9.20 Å². The number of carbonyl (C=O) groups is 1. The summed E-state index contributed by atoms with van der Waals surface area (Å²) in [5.74, 6) is 1.47. The number of hydrogen-bond acceptors (Lipinski definition) is 4. The molecule has 0 bridgehead atoms. The smallest absolute Gasteiger partial charge is 0.243 e. The molecule has 0 unspecified atom stereocenters. The highest BCUT2D eigenvalue weighted by Crippen LogP contribution is 2.02. The Hall–Kier alpha value is -2.64. The molecule has 0 aliphatic rings. The lowest BCUT2D eigenvalue weighted by atomic mass is 10.4. The van der Waals surface area contributed by atoms with Crippen LogP contribution in [-0.4, -0.2) is 65.1 Å². The number of nitrogens with one attached hydrogen (secondary N) is 2. The van der Waals surface area contributed by atoms with Crippen molar-refractivity contribution >= 4 is 17.5 Å². The van der Waals surface area contributed by atoms with E-state index in [4.69, 9.17) is 0 Å². The minimum Gasteiger partial charge on any atom is -0.357 e. The van der Waals surface area contributed by atoms with Crippen LogP contribution < -0.4 is 10.6 Å². The molecule has 2 rings (SSSR count). The van der Waals surface area contributed by atoms with Crippen molar-refractivity contribution in [3.8, 4) is 0 Å². The lowest BCUT2D eigenvalue weighted by molar-refractivity contribution is -0.127. The zero-order valence-electron chi connectivity index (χ0n) is 13.8. The third-order valence-corrected chi connectivity index (χ3v) is 3.24. The summed E-state index contributed by atoms with van der Waals surface area (Å²) < 4.78 is 1.96. The zero-order chi connectivity index (χ0) is 16.7. The van der Waals surface area contributed by atoms with Crippen LogP contribution in [0, 0.1) is 0 Å². The van der Waals surface area contributed by atoms with Crippen molar-refractivity contribution in [2.75, 3.05) is 33.7 Å². The number of carbonyl (C=O) groups excluding carboxylic acids is 1. The van der Waals surface area contributed by atoms with Gasteiger partial charge in [0.05, 0.1) is 0 Å². The van der Waals surface area contributed by atoms with Crippen molar-refractivity contribution in [3.05, 3.63) is 30.2 Å². The second kappa shape index (κ2) is 8.11. The van der Waals surface area contributed by atoms with Gasteiger partial charge < -0.3 is 15.5 Å². The number of amides is 1. The van der Waals surface area contributed by atoms with E-state index in [2.05, 4.69) is 25.8 Å². The summed E-state index contributed by atoms with van der Waals surface area (Å²) in [6.07, 6.45) is 2.65. The van der Waals surface area contributed by atoms with E-state index in [0.29, 0.717) is 18.9 Å². The van der Waals surface area contributed by atoms with Crippen LogP contribution in [0.5, 0.6) is 0 Å². The number of fused-ring (bicyclic) bond motifs is 1. The van der Waals surface area contributed by atoms with Crippen LogP contribution in [0.15, 0.2) is 29.4 Å². The fourth-order valence-corrected chi connectivity index (χ4v) is 1.98. The standard InChI is InChI=1S/C15H23N7O/c1-4-16-15(18-11-14(23)21(2)3)17-9-8-13-20-19-12-7-5-6-10-22(12)13/h5-7,10H,4,8-9,11H2,1-3H3,(H2,16,17,18). The van der Waals surface area contributed by atoms with Gasteiger partial charge in [0.2, 0.25) is 5.91 Å². The fourth-order valence-electron chi connectivity index (χ4n) is 1.98. The van der Waals surface area contributed by atoms with Crippen LogP contribution in [0.25, 0.3) is 5.65 Å². The summed E-state index contributed by atoms with van der Waals surface area (Å²) >= 11 is 0. The van der Waals surface area contributed by atoms with E-state index < -0.39 is 0 Å². The first-order valence-corrected chi connectivity index (χ1v) is 7.62. The number of aromatic nitrogens is 3. The number of guanidine groups is 1. The predicted molar refractivity (Wildman–Crippen MR) is 89.4 cm³/mol. The SMILES string of the molecule is CCNC(=NCC(=O)N(C)C)NCCc1nnc2ccccn12. The van der Waals surface area contributed by atoms with Crippen molar-refractivity contribution in [2.24, 2.45) is 4.99 Å². The second-order valence-corrected chi connectivity index (χ2v) is 5.21. The van der Waals surface area contributed by atoms with Gasteiger partial charge in [0, 0.05) is 39.8 Å². The number of aliphatic imine (C=N–C) groups is 1. The molecule has 0 aromatic carbocycles. The predicted octanol–water partition coefficient (Wildman–Crippen LogP) is -0.0849. The molecule has 2 aromatic heterocycles. The second-order valence-electron chi connectivity index (χ2n) is 5.21. The number of rotatable bonds is 6. The molecular formula is C15H23N7O. The van der Waals surface area contributed by atoms with Gasteiger partial charge in [0.15, 0.2) is 11.6 Å². The van der Waals surface area contributed by atoms with E-state index in [1.807, 2.05) is 35.7 Å². The topological polar surface area (TPSA) is 86.9 Å². The maximum atomic E-state index is 11.6. The Morgan fingerprint density at radius 3 is 2.87 bits per heavy atom. The monoisotopic (exact) mass is 317 g/mol. The Balaban J connectivity index is 1.91. The van der Waals surface area contributed by atoms with E-state index >= 15 is 0 Å². The molecule has 0 spiro atoms. The lowest BCUT2D eigenvalue weighted by Crippen LogP contribution is -2.39. The average Bonchev–Trinajstić information content (AvgIpc) is 2.95. The molecule has 0 saturated carbocycles. The molecule has 2 heterocycles. The molecule has 0 saturated heterocycles. The van der Waals surface area contributed by atoms with Gasteiger partial charge in [0.25, 0.3) is 0 Å². The zero-order valence-corrected chi connectivity index (χ0v) is 13.8. The number of hydrogen-bond donors (Lipinski definition) is 2. The lowest BCUT2D eigenvalue weighted by Gasteiger charge is -2.12. The Morgan fingerprint density at radius 2 is 2.13 bits per heavy atom. The summed E-state index contributed by atoms with van der Waals surface area (Å²) in [5.41, 5.74) is 0.833. The van der Waals surface area contributed by atoms with E-state index in [9.17, 15) is 4.79 Å². The van der Waals surface area contributed by atoms with E-state index in [0.717, 1.165) is 18.0 Å². The van der Waals surface area contributed by atoms with Crippen molar-refractivity contribution in [3.63, 3.8) is 0 Å². The van der Waals surface area contributed by atoms with Crippen molar-refractivity contribution in [1.29, 1.82) is 0 Å². The van der Waals surface area contributed by atoms with Crippen molar-refractivity contribution in [1.82, 2.24) is 30.1 Å². The molecule has 23 heavy (non-hydrogen) atoms. The maximum absolute atomic E-state index is 11.6. The molecule has 8 nitrogen and oxygen atoms in total. The molecule has 0 aliphatic heterocycles. The molecule has 1 amide bonds. The van der Waals surface area contributed by atoms with Crippen LogP contribution in [0.1, 0.15) is 12.7 Å². The first-order chi connectivity index (χ1) is 11.1. The van der Waals surface area contributed by atoms with Crippen LogP contribution in [0.4, 0.5) is 0 Å². The Labute approximate surface area is 135 Å². The van der Waals surface area contributed by atoms with Crippen LogP contribution in [0.3, 0.4) is 0 Å². The Kier molecular flexibility index (Phi) is 5.90. The van der Waals surface area contributed by atoms with Crippen LogP contribution in [-0.2, 0) is 11.2 Å². The van der Waals surface area contributed by atoms with Gasteiger partial charge in [0.1, 0.15) is 12.4 Å². The molecule has 0 fully saturated rings. The average molecular weight is 317 g/mol. The van der Waals surface area contributed by atoms with Crippen molar-refractivity contribution < 1.29 is 4.79 Å². The highest BCUT2D eigenvalue weighted by Gasteiger charge is 2.06. The van der Waals surface area contributed by atoms with Crippen molar-refractivity contribution in [2.45, 2.75) is 13.3 Å². The van der Waals surface area contributed by atoms with Gasteiger partial charge in [-0.15, -0.1) is 10.2 Å². The fraction of sp³-hybridized carbons (Fsp3) is 0.467. The summed E-state index contributed by atoms with van der Waals surface area (Å²) in [5, 5.41) is 14.6. The van der Waals surface area contributed by atoms with Crippen LogP contribution >= 0.6 is 0 Å². The summed E-state index contributed by atoms with van der Waals surface area (Å²) in [6.45, 7) is 3.49. The normalized spacial score (nSPS) is 11.5. The summed E-state index contributed by atoms with van der Waals surface area (Å²) in [6, 6.07) is 5.80. The Morgan fingerprint density at radius 1 is 1.30 bits per heavy atom. The first kappa shape index (κ1) is 16.7. The molecule has 0 atom stereocenters. The maximum Gasteiger partial charge on any atom is 0.243 e. The Bertz CT molecular complexity index is 677. The number of nitrogens with zero attached hydrogens (tertiary/aromatic N) is 5. The van der Waals surface area contributed by atoms with Gasteiger partial charge in [-0.05, 0) is 19.1 Å². The molecule has 0 aliphatic carbocycles. The minimum atomic E-state index is -0.0364. The summed E-state index contributed by atoms with van der Waals surface area (Å²) in [7, 11) is 3.43. The molecule has 0 radical (unpaired) electrons. The van der Waals surface area contributed by atoms with Crippen LogP contribution in [0.2, 0.25) is 0 Å². The van der Waals surface area contributed by atoms with E-state index in [1.54, 1.807) is 14.1 Å². The van der Waals surface area contributed by atoms with E-state index in [-0.39, 0.29) is 12.5 Å². The molecule has 2 aromatic rings. The van der Waals surface area contributed by atoms with Gasteiger partial charge in [-0.1, -0.05) is 6.07 Å². The largest absolute Gasteiger partial charge is 0.357 e. The third kappa shape index (κ3) is 4.67. The van der Waals surface area contributed by atoms with Gasteiger partial charge >= 0.3 is 0 Å². The summed E-state index contributed by atoms with van der Waals surface area (Å²) in [4.78, 5) is 17.4. The molecule has 124 valence electrons. The number of pyridine rings is 1. The minimum absolute atomic E-state index is 0.0364. The number of likely N-dealkylation sites (N-methyl/N-ethyl adjacent to an activating group) is 1.